The van der Waals surface area contributed by atoms with Gasteiger partial charge in [-0.1, -0.05) is 0 Å². The van der Waals surface area contributed by atoms with E-state index in [9.17, 15) is 4.79 Å². The molecule has 1 saturated heterocycles. The van der Waals surface area contributed by atoms with Crippen LogP contribution in [-0.4, -0.2) is 56.5 Å². The third kappa shape index (κ3) is 3.80. The van der Waals surface area contributed by atoms with Crippen LogP contribution >= 0.6 is 23.1 Å². The SMILES string of the molecule is COc1ccc2sc(C(N)=O)c(SCCN3CCOCC3)c2c1. The minimum atomic E-state index is -0.362. The van der Waals surface area contributed by atoms with Gasteiger partial charge in [-0.3, -0.25) is 9.69 Å². The van der Waals surface area contributed by atoms with E-state index in [1.54, 1.807) is 18.9 Å². The summed E-state index contributed by atoms with van der Waals surface area (Å²) in [6.07, 6.45) is 0. The molecule has 2 aromatic rings. The average Bonchev–Trinajstić information content (AvgIpc) is 2.94. The van der Waals surface area contributed by atoms with Gasteiger partial charge in [0.15, 0.2) is 0 Å². The molecule has 0 bridgehead atoms. The highest BCUT2D eigenvalue weighted by Crippen LogP contribution is 2.39. The van der Waals surface area contributed by atoms with Gasteiger partial charge in [0.1, 0.15) is 10.6 Å². The van der Waals surface area contributed by atoms with Gasteiger partial charge in [0, 0.05) is 40.4 Å². The number of hydrogen-bond acceptors (Lipinski definition) is 6. The zero-order valence-corrected chi connectivity index (χ0v) is 14.7. The van der Waals surface area contributed by atoms with Gasteiger partial charge in [-0.05, 0) is 18.2 Å². The van der Waals surface area contributed by atoms with Gasteiger partial charge in [0.25, 0.3) is 5.91 Å². The smallest absolute Gasteiger partial charge is 0.259 e. The first kappa shape index (κ1) is 16.6. The Hall–Kier alpha value is -1.28. The number of carbonyl (C=O) groups is 1. The molecule has 1 fully saturated rings. The zero-order chi connectivity index (χ0) is 16.2. The summed E-state index contributed by atoms with van der Waals surface area (Å²) >= 11 is 3.15. The van der Waals surface area contributed by atoms with E-state index < -0.39 is 0 Å². The Balaban J connectivity index is 1.79. The maximum absolute atomic E-state index is 11.8. The van der Waals surface area contributed by atoms with Crippen molar-refractivity contribution < 1.29 is 14.3 Å². The van der Waals surface area contributed by atoms with Crippen molar-refractivity contribution in [3.05, 3.63) is 23.1 Å². The van der Waals surface area contributed by atoms with Crippen LogP contribution in [0.1, 0.15) is 9.67 Å². The third-order valence-corrected chi connectivity index (χ3v) is 6.24. The maximum Gasteiger partial charge on any atom is 0.259 e. The molecule has 7 heteroatoms. The van der Waals surface area contributed by atoms with E-state index in [-0.39, 0.29) is 5.91 Å². The topological polar surface area (TPSA) is 64.8 Å². The lowest BCUT2D eigenvalue weighted by Gasteiger charge is -2.26. The van der Waals surface area contributed by atoms with Crippen molar-refractivity contribution in [3.8, 4) is 5.75 Å². The minimum Gasteiger partial charge on any atom is -0.497 e. The van der Waals surface area contributed by atoms with Crippen LogP contribution in [0, 0.1) is 0 Å². The van der Waals surface area contributed by atoms with Crippen molar-refractivity contribution >= 4 is 39.1 Å². The number of amides is 1. The Bertz CT molecular complexity index is 696. The Morgan fingerprint density at radius 2 is 2.22 bits per heavy atom. The molecule has 0 radical (unpaired) electrons. The fraction of sp³-hybridized carbons (Fsp3) is 0.438. The monoisotopic (exact) mass is 352 g/mol. The fourth-order valence-corrected chi connectivity index (χ4v) is 4.99. The van der Waals surface area contributed by atoms with E-state index in [1.807, 2.05) is 18.2 Å². The predicted octanol–water partition coefficient (Wildman–Crippen LogP) is 2.43. The number of thioether (sulfide) groups is 1. The van der Waals surface area contributed by atoms with E-state index in [2.05, 4.69) is 4.90 Å². The Labute approximate surface area is 143 Å². The van der Waals surface area contributed by atoms with Crippen molar-refractivity contribution in [2.45, 2.75) is 4.90 Å². The molecular weight excluding hydrogens is 332 g/mol. The number of morpholine rings is 1. The van der Waals surface area contributed by atoms with Gasteiger partial charge in [0.05, 0.1) is 20.3 Å². The molecule has 3 rings (SSSR count). The van der Waals surface area contributed by atoms with Gasteiger partial charge in [-0.25, -0.2) is 0 Å². The predicted molar refractivity (Wildman–Crippen MR) is 94.9 cm³/mol. The average molecular weight is 352 g/mol. The number of carbonyl (C=O) groups excluding carboxylic acids is 1. The second kappa shape index (κ2) is 7.53. The number of benzene rings is 1. The zero-order valence-electron chi connectivity index (χ0n) is 13.0. The van der Waals surface area contributed by atoms with Gasteiger partial charge >= 0.3 is 0 Å². The molecule has 5 nitrogen and oxygen atoms in total. The van der Waals surface area contributed by atoms with Crippen molar-refractivity contribution in [2.75, 3.05) is 45.7 Å². The second-order valence-electron chi connectivity index (χ2n) is 5.29. The van der Waals surface area contributed by atoms with Gasteiger partial charge in [-0.2, -0.15) is 0 Å². The summed E-state index contributed by atoms with van der Waals surface area (Å²) in [6, 6.07) is 5.87. The number of primary amides is 1. The number of ether oxygens (including phenoxy) is 2. The Kier molecular flexibility index (Phi) is 5.42. The number of hydrogen-bond donors (Lipinski definition) is 1. The van der Waals surface area contributed by atoms with Crippen LogP contribution in [0.25, 0.3) is 10.1 Å². The molecule has 0 spiro atoms. The van der Waals surface area contributed by atoms with Crippen LogP contribution in [0.4, 0.5) is 0 Å². The number of nitrogens with two attached hydrogens (primary N) is 1. The molecule has 0 atom stereocenters. The van der Waals surface area contributed by atoms with Crippen LogP contribution in [-0.2, 0) is 4.74 Å². The third-order valence-electron chi connectivity index (χ3n) is 3.83. The normalized spacial score (nSPS) is 15.9. The largest absolute Gasteiger partial charge is 0.497 e. The first-order valence-corrected chi connectivity index (χ1v) is 9.32. The Morgan fingerprint density at radius 3 is 2.91 bits per heavy atom. The highest BCUT2D eigenvalue weighted by Gasteiger charge is 2.18. The summed E-state index contributed by atoms with van der Waals surface area (Å²) in [5, 5.41) is 1.05. The fourth-order valence-electron chi connectivity index (χ4n) is 2.59. The summed E-state index contributed by atoms with van der Waals surface area (Å²) in [7, 11) is 1.65. The quantitative estimate of drug-likeness (QED) is 0.809. The molecular formula is C16H20N2O3S2. The lowest BCUT2D eigenvalue weighted by molar-refractivity contribution is 0.0410. The molecule has 1 aromatic carbocycles. The molecule has 0 unspecified atom stereocenters. The van der Waals surface area contributed by atoms with Crippen LogP contribution < -0.4 is 10.5 Å². The Morgan fingerprint density at radius 1 is 1.43 bits per heavy atom. The first-order valence-electron chi connectivity index (χ1n) is 7.52. The van der Waals surface area contributed by atoms with Crippen LogP contribution in [0.5, 0.6) is 5.75 Å². The highest BCUT2D eigenvalue weighted by atomic mass is 32.2. The molecule has 0 saturated carbocycles. The van der Waals surface area contributed by atoms with Gasteiger partial charge < -0.3 is 15.2 Å². The number of rotatable bonds is 6. The molecule has 1 aliphatic rings. The molecule has 1 aliphatic heterocycles. The molecule has 2 N–H and O–H groups in total. The molecule has 1 aromatic heterocycles. The van der Waals surface area contributed by atoms with Crippen LogP contribution in [0.15, 0.2) is 23.1 Å². The molecule has 124 valence electrons. The minimum absolute atomic E-state index is 0.362. The van der Waals surface area contributed by atoms with E-state index >= 15 is 0 Å². The van der Waals surface area contributed by atoms with Crippen molar-refractivity contribution in [2.24, 2.45) is 5.73 Å². The van der Waals surface area contributed by atoms with Crippen molar-refractivity contribution in [1.82, 2.24) is 4.90 Å². The lowest BCUT2D eigenvalue weighted by atomic mass is 10.2. The number of methoxy groups -OCH3 is 1. The summed E-state index contributed by atoms with van der Waals surface area (Å²) in [5.74, 6) is 1.35. The van der Waals surface area contributed by atoms with Crippen molar-refractivity contribution in [3.63, 3.8) is 0 Å². The number of fused-ring (bicyclic) bond motifs is 1. The van der Waals surface area contributed by atoms with E-state index in [1.165, 1.54) is 11.3 Å². The number of nitrogens with zero attached hydrogens (tertiary/aromatic N) is 1. The van der Waals surface area contributed by atoms with Crippen molar-refractivity contribution in [1.29, 1.82) is 0 Å². The summed E-state index contributed by atoms with van der Waals surface area (Å²) in [4.78, 5) is 15.8. The highest BCUT2D eigenvalue weighted by molar-refractivity contribution is 7.99. The molecule has 1 amide bonds. The van der Waals surface area contributed by atoms with E-state index in [4.69, 9.17) is 15.2 Å². The standard InChI is InChI=1S/C16H20N2O3S2/c1-20-11-2-3-13-12(10-11)14(15(23-13)16(17)19)22-9-6-18-4-7-21-8-5-18/h2-3,10H,4-9H2,1H3,(H2,17,19). The number of thiophene rings is 1. The molecule has 23 heavy (non-hydrogen) atoms. The molecule has 2 heterocycles. The maximum atomic E-state index is 11.8. The summed E-state index contributed by atoms with van der Waals surface area (Å²) in [5.41, 5.74) is 5.56. The lowest BCUT2D eigenvalue weighted by Crippen LogP contribution is -2.37. The second-order valence-corrected chi connectivity index (χ2v) is 7.45. The van der Waals surface area contributed by atoms with Crippen LogP contribution in [0.2, 0.25) is 0 Å². The van der Waals surface area contributed by atoms with E-state index in [0.29, 0.717) is 4.88 Å². The van der Waals surface area contributed by atoms with Gasteiger partial charge in [0.2, 0.25) is 0 Å². The summed E-state index contributed by atoms with van der Waals surface area (Å²) < 4.78 is 11.7. The van der Waals surface area contributed by atoms with E-state index in [0.717, 1.165) is 59.3 Å². The van der Waals surface area contributed by atoms with Crippen LogP contribution in [0.3, 0.4) is 0 Å². The molecule has 0 aliphatic carbocycles. The van der Waals surface area contributed by atoms with Gasteiger partial charge in [-0.15, -0.1) is 23.1 Å². The first-order chi connectivity index (χ1) is 11.2. The summed E-state index contributed by atoms with van der Waals surface area (Å²) in [6.45, 7) is 4.53.